The fraction of sp³-hybridized carbons (Fsp3) is 0.625. The van der Waals surface area contributed by atoms with Crippen molar-refractivity contribution in [2.45, 2.75) is 26.7 Å². The summed E-state index contributed by atoms with van der Waals surface area (Å²) in [5, 5.41) is 3.42. The van der Waals surface area contributed by atoms with E-state index in [4.69, 9.17) is 9.47 Å². The van der Waals surface area contributed by atoms with Crippen LogP contribution in [-0.4, -0.2) is 32.9 Å². The lowest BCUT2D eigenvalue weighted by Gasteiger charge is -2.08. The molecule has 0 bridgehead atoms. The van der Waals surface area contributed by atoms with Gasteiger partial charge in [-0.25, -0.2) is 0 Å². The molecule has 2 rings (SSSR count). The highest BCUT2D eigenvalue weighted by Crippen LogP contribution is 2.25. The van der Waals surface area contributed by atoms with E-state index < -0.39 is 0 Å². The number of benzene rings is 1. The molecule has 0 amide bonds. The zero-order valence-corrected chi connectivity index (χ0v) is 12.1. The monoisotopic (exact) mass is 263 g/mol. The Bertz CT molecular complexity index is 390. The van der Waals surface area contributed by atoms with Gasteiger partial charge in [-0.3, -0.25) is 0 Å². The van der Waals surface area contributed by atoms with Gasteiger partial charge in [0.05, 0.1) is 13.2 Å². The average molecular weight is 263 g/mol. The molecule has 1 heterocycles. The van der Waals surface area contributed by atoms with E-state index >= 15 is 0 Å². The molecule has 0 aliphatic carbocycles. The van der Waals surface area contributed by atoms with Gasteiger partial charge >= 0.3 is 0 Å². The first-order valence-corrected chi connectivity index (χ1v) is 7.29. The standard InChI is InChI=1S/C16H25NO2/c1-13(2)12-18-10-8-17-7-5-14-3-4-16-15(11-14)6-9-19-16/h3-4,11,13,17H,5-10,12H2,1-2H3. The van der Waals surface area contributed by atoms with Gasteiger partial charge in [0.2, 0.25) is 0 Å². The summed E-state index contributed by atoms with van der Waals surface area (Å²) in [5.74, 6) is 1.69. The molecule has 1 aromatic rings. The Balaban J connectivity index is 1.58. The lowest BCUT2D eigenvalue weighted by Crippen LogP contribution is -2.23. The minimum Gasteiger partial charge on any atom is -0.493 e. The summed E-state index contributed by atoms with van der Waals surface area (Å²) >= 11 is 0. The summed E-state index contributed by atoms with van der Waals surface area (Å²) < 4.78 is 11.0. The highest BCUT2D eigenvalue weighted by atomic mass is 16.5. The van der Waals surface area contributed by atoms with E-state index in [1.54, 1.807) is 0 Å². The molecule has 19 heavy (non-hydrogen) atoms. The number of rotatable bonds is 8. The van der Waals surface area contributed by atoms with Crippen molar-refractivity contribution in [3.8, 4) is 5.75 Å². The minimum absolute atomic E-state index is 0.619. The van der Waals surface area contributed by atoms with E-state index in [0.717, 1.165) is 51.5 Å². The quantitative estimate of drug-likeness (QED) is 0.731. The molecule has 1 aliphatic rings. The molecule has 0 fully saturated rings. The normalized spacial score (nSPS) is 13.6. The van der Waals surface area contributed by atoms with Crippen molar-refractivity contribution in [3.63, 3.8) is 0 Å². The third kappa shape index (κ3) is 4.84. The Morgan fingerprint density at radius 1 is 1.32 bits per heavy atom. The largest absolute Gasteiger partial charge is 0.493 e. The van der Waals surface area contributed by atoms with Crippen molar-refractivity contribution in [2.75, 3.05) is 32.9 Å². The minimum atomic E-state index is 0.619. The molecule has 0 saturated heterocycles. The molecule has 0 unspecified atom stereocenters. The van der Waals surface area contributed by atoms with Crippen LogP contribution in [0.1, 0.15) is 25.0 Å². The number of hydrogen-bond acceptors (Lipinski definition) is 3. The summed E-state index contributed by atoms with van der Waals surface area (Å²) in [7, 11) is 0. The van der Waals surface area contributed by atoms with Gasteiger partial charge in [0.15, 0.2) is 0 Å². The molecule has 0 radical (unpaired) electrons. The maximum atomic E-state index is 5.53. The second-order valence-electron chi connectivity index (χ2n) is 5.51. The molecule has 3 nitrogen and oxygen atoms in total. The van der Waals surface area contributed by atoms with Gasteiger partial charge in [-0.2, -0.15) is 0 Å². The third-order valence-corrected chi connectivity index (χ3v) is 3.22. The highest BCUT2D eigenvalue weighted by molar-refractivity contribution is 5.39. The smallest absolute Gasteiger partial charge is 0.122 e. The molecular weight excluding hydrogens is 238 g/mol. The van der Waals surface area contributed by atoms with E-state index in [-0.39, 0.29) is 0 Å². The Hall–Kier alpha value is -1.06. The number of fused-ring (bicyclic) bond motifs is 1. The molecule has 1 aromatic carbocycles. The molecule has 3 heteroatoms. The van der Waals surface area contributed by atoms with Crippen LogP contribution in [0.5, 0.6) is 5.75 Å². The summed E-state index contributed by atoms with van der Waals surface area (Å²) in [6.45, 7) is 8.77. The van der Waals surface area contributed by atoms with Crippen molar-refractivity contribution >= 4 is 0 Å². The van der Waals surface area contributed by atoms with Crippen LogP contribution < -0.4 is 10.1 Å². The molecule has 0 saturated carbocycles. The summed E-state index contributed by atoms with van der Waals surface area (Å²) in [5.41, 5.74) is 2.75. The number of nitrogens with one attached hydrogen (secondary N) is 1. The molecule has 1 N–H and O–H groups in total. The third-order valence-electron chi connectivity index (χ3n) is 3.22. The van der Waals surface area contributed by atoms with Crippen molar-refractivity contribution in [1.29, 1.82) is 0 Å². The topological polar surface area (TPSA) is 30.5 Å². The van der Waals surface area contributed by atoms with Gasteiger partial charge in [-0.05, 0) is 36.1 Å². The number of ether oxygens (including phenoxy) is 2. The Kier molecular flexibility index (Phi) is 5.67. The van der Waals surface area contributed by atoms with Crippen molar-refractivity contribution in [2.24, 2.45) is 5.92 Å². The fourth-order valence-corrected chi connectivity index (χ4v) is 2.22. The summed E-state index contributed by atoms with van der Waals surface area (Å²) in [4.78, 5) is 0. The molecule has 0 aromatic heterocycles. The van der Waals surface area contributed by atoms with Crippen LogP contribution in [0.4, 0.5) is 0 Å². The van der Waals surface area contributed by atoms with Gasteiger partial charge in [0.1, 0.15) is 5.75 Å². The van der Waals surface area contributed by atoms with Crippen molar-refractivity contribution in [1.82, 2.24) is 5.32 Å². The van der Waals surface area contributed by atoms with E-state index in [2.05, 4.69) is 37.4 Å². The molecular formula is C16H25NO2. The Morgan fingerprint density at radius 3 is 3.05 bits per heavy atom. The zero-order valence-electron chi connectivity index (χ0n) is 12.1. The van der Waals surface area contributed by atoms with Crippen LogP contribution in [0, 0.1) is 5.92 Å². The lowest BCUT2D eigenvalue weighted by molar-refractivity contribution is 0.112. The molecule has 1 aliphatic heterocycles. The van der Waals surface area contributed by atoms with Gasteiger partial charge in [0, 0.05) is 19.6 Å². The lowest BCUT2D eigenvalue weighted by atomic mass is 10.1. The van der Waals surface area contributed by atoms with Crippen LogP contribution in [0.3, 0.4) is 0 Å². The van der Waals surface area contributed by atoms with Gasteiger partial charge in [0.25, 0.3) is 0 Å². The number of hydrogen-bond donors (Lipinski definition) is 1. The first kappa shape index (κ1) is 14.4. The maximum Gasteiger partial charge on any atom is 0.122 e. The van der Waals surface area contributed by atoms with E-state index in [1.807, 2.05) is 0 Å². The van der Waals surface area contributed by atoms with Crippen LogP contribution in [0.2, 0.25) is 0 Å². The summed E-state index contributed by atoms with van der Waals surface area (Å²) in [6, 6.07) is 6.55. The van der Waals surface area contributed by atoms with E-state index in [0.29, 0.717) is 5.92 Å². The second-order valence-corrected chi connectivity index (χ2v) is 5.51. The molecule has 106 valence electrons. The van der Waals surface area contributed by atoms with Crippen molar-refractivity contribution < 1.29 is 9.47 Å². The molecule has 0 atom stereocenters. The van der Waals surface area contributed by atoms with Gasteiger partial charge in [-0.1, -0.05) is 26.0 Å². The average Bonchev–Trinajstić information content (AvgIpc) is 2.84. The van der Waals surface area contributed by atoms with Crippen LogP contribution >= 0.6 is 0 Å². The molecule has 0 spiro atoms. The first-order chi connectivity index (χ1) is 9.25. The SMILES string of the molecule is CC(C)COCCNCCc1ccc2c(c1)CCO2. The summed E-state index contributed by atoms with van der Waals surface area (Å²) in [6.07, 6.45) is 2.12. The zero-order chi connectivity index (χ0) is 13.5. The van der Waals surface area contributed by atoms with E-state index in [1.165, 1.54) is 11.1 Å². The first-order valence-electron chi connectivity index (χ1n) is 7.29. The maximum absolute atomic E-state index is 5.53. The Labute approximate surface area is 116 Å². The fourth-order valence-electron chi connectivity index (χ4n) is 2.22. The van der Waals surface area contributed by atoms with Gasteiger partial charge < -0.3 is 14.8 Å². The van der Waals surface area contributed by atoms with Crippen LogP contribution in [0.15, 0.2) is 18.2 Å². The predicted molar refractivity (Wildman–Crippen MR) is 77.9 cm³/mol. The van der Waals surface area contributed by atoms with Gasteiger partial charge in [-0.15, -0.1) is 0 Å². The highest BCUT2D eigenvalue weighted by Gasteiger charge is 2.11. The predicted octanol–water partition coefficient (Wildman–Crippen LogP) is 2.43. The Morgan fingerprint density at radius 2 is 2.21 bits per heavy atom. The van der Waals surface area contributed by atoms with E-state index in [9.17, 15) is 0 Å². The van der Waals surface area contributed by atoms with Crippen LogP contribution in [-0.2, 0) is 17.6 Å². The second kappa shape index (κ2) is 7.51. The van der Waals surface area contributed by atoms with Crippen LogP contribution in [0.25, 0.3) is 0 Å². The van der Waals surface area contributed by atoms with Crippen molar-refractivity contribution in [3.05, 3.63) is 29.3 Å².